The van der Waals surface area contributed by atoms with Crippen LogP contribution in [-0.4, -0.2) is 35.2 Å². The summed E-state index contributed by atoms with van der Waals surface area (Å²) in [6.07, 6.45) is -0.734. The first kappa shape index (κ1) is 17.4. The number of benzene rings is 1. The van der Waals surface area contributed by atoms with Crippen LogP contribution in [0.1, 0.15) is 24.2 Å². The van der Waals surface area contributed by atoms with Crippen LogP contribution in [0.15, 0.2) is 36.4 Å². The van der Waals surface area contributed by atoms with Crippen molar-refractivity contribution in [1.29, 1.82) is 0 Å². The highest BCUT2D eigenvalue weighted by Gasteiger charge is 2.34. The van der Waals surface area contributed by atoms with Crippen molar-refractivity contribution in [2.75, 3.05) is 22.5 Å². The van der Waals surface area contributed by atoms with Crippen molar-refractivity contribution in [3.63, 3.8) is 0 Å². The molecule has 8 heteroatoms. The van der Waals surface area contributed by atoms with Gasteiger partial charge < -0.3 is 15.8 Å². The summed E-state index contributed by atoms with van der Waals surface area (Å²) in [5.74, 6) is -0.105. The van der Waals surface area contributed by atoms with E-state index < -0.39 is 12.0 Å². The van der Waals surface area contributed by atoms with E-state index in [-0.39, 0.29) is 29.9 Å². The highest BCUT2D eigenvalue weighted by molar-refractivity contribution is 6.06. The number of ether oxygens (including phenoxy) is 1. The minimum atomic E-state index is -0.734. The summed E-state index contributed by atoms with van der Waals surface area (Å²) >= 11 is 0. The van der Waals surface area contributed by atoms with Crippen LogP contribution in [0.5, 0.6) is 5.75 Å². The number of nitrogens with zero attached hydrogens (tertiary/aromatic N) is 2. The number of amides is 2. The summed E-state index contributed by atoms with van der Waals surface area (Å²) in [5.41, 5.74) is 6.64. The van der Waals surface area contributed by atoms with Crippen molar-refractivity contribution in [1.82, 2.24) is 4.98 Å². The average molecular weight is 354 g/mol. The first-order valence-electron chi connectivity index (χ1n) is 8.00. The Bertz CT molecular complexity index is 897. The van der Waals surface area contributed by atoms with Gasteiger partial charge >= 0.3 is 0 Å². The minimum Gasteiger partial charge on any atom is -0.477 e. The zero-order chi connectivity index (χ0) is 18.8. The summed E-state index contributed by atoms with van der Waals surface area (Å²) in [5, 5.41) is 2.68. The molecule has 1 aliphatic rings. The van der Waals surface area contributed by atoms with Gasteiger partial charge in [-0.25, -0.2) is 4.98 Å². The SMILES string of the molecule is CC(=O)c1cccc(NC(=O)CN2C(=O)C(C)Oc3ccc(N)nc32)c1. The molecule has 1 unspecified atom stereocenters. The van der Waals surface area contributed by atoms with Gasteiger partial charge in [0.2, 0.25) is 5.91 Å². The van der Waals surface area contributed by atoms with Gasteiger partial charge in [0.15, 0.2) is 23.5 Å². The van der Waals surface area contributed by atoms with Gasteiger partial charge in [-0.15, -0.1) is 0 Å². The molecular formula is C18H18N4O4. The normalized spacial score (nSPS) is 15.8. The van der Waals surface area contributed by atoms with E-state index in [9.17, 15) is 14.4 Å². The van der Waals surface area contributed by atoms with Crippen molar-refractivity contribution in [2.24, 2.45) is 0 Å². The largest absolute Gasteiger partial charge is 0.477 e. The second kappa shape index (κ2) is 6.83. The number of nitrogens with one attached hydrogen (secondary N) is 1. The number of carbonyl (C=O) groups is 3. The van der Waals surface area contributed by atoms with Gasteiger partial charge in [-0.1, -0.05) is 12.1 Å². The van der Waals surface area contributed by atoms with Crippen molar-refractivity contribution < 1.29 is 19.1 Å². The van der Waals surface area contributed by atoms with Crippen LogP contribution >= 0.6 is 0 Å². The zero-order valence-electron chi connectivity index (χ0n) is 14.4. The van der Waals surface area contributed by atoms with Crippen molar-refractivity contribution in [3.8, 4) is 5.75 Å². The van der Waals surface area contributed by atoms with Crippen LogP contribution in [0.4, 0.5) is 17.3 Å². The van der Waals surface area contributed by atoms with E-state index in [0.717, 1.165) is 0 Å². The molecule has 0 fully saturated rings. The second-order valence-corrected chi connectivity index (χ2v) is 5.93. The Labute approximate surface area is 150 Å². The number of ketones is 1. The molecule has 2 heterocycles. The van der Waals surface area contributed by atoms with Crippen LogP contribution < -0.4 is 20.7 Å². The second-order valence-electron chi connectivity index (χ2n) is 5.93. The standard InChI is InChI=1S/C18H18N4O4/c1-10(23)12-4-3-5-13(8-12)20-16(24)9-22-17-14(6-7-15(19)21-17)26-11(2)18(22)25/h3-8,11H,9H2,1-2H3,(H2,19,21)(H,20,24). The van der Waals surface area contributed by atoms with E-state index in [1.807, 2.05) is 0 Å². The van der Waals surface area contributed by atoms with Crippen LogP contribution in [0, 0.1) is 0 Å². The van der Waals surface area contributed by atoms with Gasteiger partial charge in [0.25, 0.3) is 5.91 Å². The molecule has 0 saturated heterocycles. The van der Waals surface area contributed by atoms with E-state index in [1.54, 1.807) is 43.3 Å². The first-order valence-corrected chi connectivity index (χ1v) is 8.00. The van der Waals surface area contributed by atoms with Crippen molar-refractivity contribution in [2.45, 2.75) is 20.0 Å². The Kier molecular flexibility index (Phi) is 4.57. The number of fused-ring (bicyclic) bond motifs is 1. The molecule has 0 bridgehead atoms. The predicted molar refractivity (Wildman–Crippen MR) is 96.2 cm³/mol. The van der Waals surface area contributed by atoms with Gasteiger partial charge in [-0.3, -0.25) is 19.3 Å². The molecule has 0 spiro atoms. The van der Waals surface area contributed by atoms with E-state index in [2.05, 4.69) is 10.3 Å². The van der Waals surface area contributed by atoms with E-state index >= 15 is 0 Å². The molecule has 0 saturated carbocycles. The fourth-order valence-electron chi connectivity index (χ4n) is 2.61. The Morgan fingerprint density at radius 1 is 1.31 bits per heavy atom. The van der Waals surface area contributed by atoms with E-state index in [4.69, 9.17) is 10.5 Å². The molecule has 2 aromatic rings. The number of aromatic nitrogens is 1. The quantitative estimate of drug-likeness (QED) is 0.806. The van der Waals surface area contributed by atoms with Gasteiger partial charge in [-0.2, -0.15) is 0 Å². The summed E-state index contributed by atoms with van der Waals surface area (Å²) < 4.78 is 5.49. The maximum absolute atomic E-state index is 12.4. The molecule has 3 rings (SSSR count). The third kappa shape index (κ3) is 3.49. The topological polar surface area (TPSA) is 115 Å². The fraction of sp³-hybridized carbons (Fsp3) is 0.222. The maximum atomic E-state index is 12.4. The lowest BCUT2D eigenvalue weighted by Crippen LogP contribution is -2.48. The Morgan fingerprint density at radius 3 is 2.81 bits per heavy atom. The lowest BCUT2D eigenvalue weighted by atomic mass is 10.1. The van der Waals surface area contributed by atoms with Crippen molar-refractivity contribution in [3.05, 3.63) is 42.0 Å². The molecule has 26 heavy (non-hydrogen) atoms. The highest BCUT2D eigenvalue weighted by atomic mass is 16.5. The molecule has 3 N–H and O–H groups in total. The molecule has 1 aliphatic heterocycles. The molecule has 1 aromatic carbocycles. The highest BCUT2D eigenvalue weighted by Crippen LogP contribution is 2.32. The number of hydrogen-bond donors (Lipinski definition) is 2. The molecule has 1 aromatic heterocycles. The van der Waals surface area contributed by atoms with Crippen LogP contribution in [0.3, 0.4) is 0 Å². The molecule has 2 amide bonds. The van der Waals surface area contributed by atoms with Crippen LogP contribution in [0.25, 0.3) is 0 Å². The third-order valence-corrected chi connectivity index (χ3v) is 3.89. The van der Waals surface area contributed by atoms with Gasteiger partial charge in [0, 0.05) is 11.3 Å². The van der Waals surface area contributed by atoms with Crippen molar-refractivity contribution >= 4 is 34.9 Å². The maximum Gasteiger partial charge on any atom is 0.269 e. The average Bonchev–Trinajstić information content (AvgIpc) is 2.60. The molecule has 134 valence electrons. The number of nitrogen functional groups attached to an aromatic ring is 1. The number of pyridine rings is 1. The van der Waals surface area contributed by atoms with Gasteiger partial charge in [0.1, 0.15) is 12.4 Å². The van der Waals surface area contributed by atoms with Crippen LogP contribution in [0.2, 0.25) is 0 Å². The first-order chi connectivity index (χ1) is 12.3. The number of hydrogen-bond acceptors (Lipinski definition) is 6. The monoisotopic (exact) mass is 354 g/mol. The zero-order valence-corrected chi connectivity index (χ0v) is 14.4. The minimum absolute atomic E-state index is 0.105. The summed E-state index contributed by atoms with van der Waals surface area (Å²) in [6.45, 7) is 2.80. The number of carbonyl (C=O) groups excluding carboxylic acids is 3. The van der Waals surface area contributed by atoms with Crippen LogP contribution in [-0.2, 0) is 9.59 Å². The Morgan fingerprint density at radius 2 is 2.08 bits per heavy atom. The third-order valence-electron chi connectivity index (χ3n) is 3.89. The van der Waals surface area contributed by atoms with Gasteiger partial charge in [-0.05, 0) is 38.1 Å². The molecule has 8 nitrogen and oxygen atoms in total. The Balaban J connectivity index is 1.80. The molecule has 0 aliphatic carbocycles. The summed E-state index contributed by atoms with van der Waals surface area (Å²) in [6, 6.07) is 9.75. The fourth-order valence-corrected chi connectivity index (χ4v) is 2.61. The summed E-state index contributed by atoms with van der Waals surface area (Å²) in [4.78, 5) is 41.6. The van der Waals surface area contributed by atoms with E-state index in [1.165, 1.54) is 11.8 Å². The lowest BCUT2D eigenvalue weighted by molar-refractivity contribution is -0.127. The predicted octanol–water partition coefficient (Wildman–Crippen LogP) is 1.62. The smallest absolute Gasteiger partial charge is 0.269 e. The molecule has 1 atom stereocenters. The lowest BCUT2D eigenvalue weighted by Gasteiger charge is -2.31. The van der Waals surface area contributed by atoms with Gasteiger partial charge in [0.05, 0.1) is 0 Å². The number of Topliss-reactive ketones (excluding diaryl/α,β-unsaturated/α-hetero) is 1. The molecular weight excluding hydrogens is 336 g/mol. The molecule has 0 radical (unpaired) electrons. The summed E-state index contributed by atoms with van der Waals surface area (Å²) in [7, 11) is 0. The Hall–Kier alpha value is -3.42. The number of rotatable bonds is 4. The number of nitrogens with two attached hydrogens (primary N) is 1. The number of anilines is 3. The van der Waals surface area contributed by atoms with E-state index in [0.29, 0.717) is 17.0 Å².